The second-order valence-corrected chi connectivity index (χ2v) is 11.6. The summed E-state index contributed by atoms with van der Waals surface area (Å²) in [4.78, 5) is 30.3. The molecule has 0 atom stereocenters. The zero-order valence-electron chi connectivity index (χ0n) is 23.9. The Morgan fingerprint density at radius 1 is 1.12 bits per heavy atom. The number of hydrogen-bond acceptors (Lipinski definition) is 8. The van der Waals surface area contributed by atoms with Gasteiger partial charge in [-0.2, -0.15) is 4.98 Å². The SMILES string of the molecule is Cc1occc1NC(=O)N1CCC(CN(C)Cc2ccc3cc2CCc2cncc(c2)Nc2ncc(Cl)c(n2)N3)CC1. The topological polar surface area (TPSA) is 111 Å². The van der Waals surface area contributed by atoms with Crippen LogP contribution in [0.1, 0.15) is 35.3 Å². The summed E-state index contributed by atoms with van der Waals surface area (Å²) in [5.74, 6) is 2.26. The molecule has 3 aromatic heterocycles. The third kappa shape index (κ3) is 6.66. The Hall–Kier alpha value is -4.15. The van der Waals surface area contributed by atoms with Crippen LogP contribution >= 0.6 is 11.6 Å². The van der Waals surface area contributed by atoms with Crippen molar-refractivity contribution in [3.05, 3.63) is 82.7 Å². The number of nitrogens with zero attached hydrogens (tertiary/aromatic N) is 5. The lowest BCUT2D eigenvalue weighted by Gasteiger charge is -2.34. The van der Waals surface area contributed by atoms with Crippen LogP contribution in [0.4, 0.5) is 33.6 Å². The fourth-order valence-corrected chi connectivity index (χ4v) is 5.81. The van der Waals surface area contributed by atoms with Gasteiger partial charge in [-0.05, 0) is 80.5 Å². The molecule has 3 N–H and O–H groups in total. The number of aromatic nitrogens is 3. The Morgan fingerprint density at radius 3 is 2.79 bits per heavy atom. The second-order valence-electron chi connectivity index (χ2n) is 11.2. The second kappa shape index (κ2) is 12.4. The number of likely N-dealkylation sites (tertiary alicyclic amines) is 1. The van der Waals surface area contributed by atoms with Crippen LogP contribution in [0.15, 0.2) is 59.6 Å². The number of hydrogen-bond donors (Lipinski definition) is 3. The summed E-state index contributed by atoms with van der Waals surface area (Å²) in [5, 5.41) is 10.0. The summed E-state index contributed by atoms with van der Waals surface area (Å²) in [6, 6.07) is 10.3. The Labute approximate surface area is 250 Å². The maximum Gasteiger partial charge on any atom is 0.321 e. The summed E-state index contributed by atoms with van der Waals surface area (Å²) in [5.41, 5.74) is 6.22. The third-order valence-corrected chi connectivity index (χ3v) is 8.24. The number of carbonyl (C=O) groups is 1. The normalized spacial score (nSPS) is 15.2. The molecule has 42 heavy (non-hydrogen) atoms. The highest BCUT2D eigenvalue weighted by molar-refractivity contribution is 6.32. The minimum Gasteiger partial charge on any atom is -0.467 e. The summed E-state index contributed by atoms with van der Waals surface area (Å²) in [6.07, 6.45) is 10.6. The smallest absolute Gasteiger partial charge is 0.321 e. The maximum atomic E-state index is 12.7. The van der Waals surface area contributed by atoms with Gasteiger partial charge >= 0.3 is 6.03 Å². The standard InChI is InChI=1S/C31H35ClN8O2/c1-20-28(9-12-42-20)37-31(41)40-10-7-21(8-11-40)18-39(2)19-24-5-6-25-14-23(24)4-3-22-13-26(16-33-15-22)36-30-34-17-27(32)29(35-25)38-30/h5-6,9,12-17,21H,3-4,7-8,10-11,18-19H2,1-2H3,(H,37,41)(H2,34,35,36,38). The first kappa shape index (κ1) is 28.0. The molecule has 2 aliphatic heterocycles. The molecule has 0 saturated carbocycles. The van der Waals surface area contributed by atoms with Crippen molar-refractivity contribution in [2.75, 3.05) is 42.6 Å². The van der Waals surface area contributed by atoms with E-state index < -0.39 is 0 Å². The Kier molecular flexibility index (Phi) is 8.25. The summed E-state index contributed by atoms with van der Waals surface area (Å²) < 4.78 is 5.30. The van der Waals surface area contributed by atoms with Crippen LogP contribution < -0.4 is 16.0 Å². The quantitative estimate of drug-likeness (QED) is 0.247. The number of amides is 2. The van der Waals surface area contributed by atoms with Gasteiger partial charge in [0, 0.05) is 44.1 Å². The number of rotatable bonds is 5. The van der Waals surface area contributed by atoms with Gasteiger partial charge in [-0.1, -0.05) is 17.7 Å². The minimum absolute atomic E-state index is 0.0593. The van der Waals surface area contributed by atoms with E-state index in [-0.39, 0.29) is 6.03 Å². The van der Waals surface area contributed by atoms with Crippen LogP contribution in [0.2, 0.25) is 5.02 Å². The van der Waals surface area contributed by atoms with Crippen molar-refractivity contribution in [2.24, 2.45) is 5.92 Å². The first-order valence-electron chi connectivity index (χ1n) is 14.3. The predicted octanol–water partition coefficient (Wildman–Crippen LogP) is 6.39. The molecule has 6 rings (SSSR count). The van der Waals surface area contributed by atoms with E-state index in [0.29, 0.717) is 22.7 Å². The van der Waals surface area contributed by atoms with Crippen molar-refractivity contribution in [3.8, 4) is 0 Å². The van der Waals surface area contributed by atoms with Crippen LogP contribution in [0, 0.1) is 12.8 Å². The fourth-order valence-electron chi connectivity index (χ4n) is 5.67. The number of furan rings is 1. The average molecular weight is 587 g/mol. The molecule has 1 aromatic carbocycles. The first-order valence-corrected chi connectivity index (χ1v) is 14.7. The highest BCUT2D eigenvalue weighted by Crippen LogP contribution is 2.29. The number of benzene rings is 1. The highest BCUT2D eigenvalue weighted by Gasteiger charge is 2.24. The van der Waals surface area contributed by atoms with Crippen LogP contribution in [0.5, 0.6) is 0 Å². The molecule has 1 fully saturated rings. The number of fused-ring (bicyclic) bond motifs is 6. The largest absolute Gasteiger partial charge is 0.467 e. The van der Waals surface area contributed by atoms with Crippen LogP contribution in [0.3, 0.4) is 0 Å². The predicted molar refractivity (Wildman–Crippen MR) is 165 cm³/mol. The van der Waals surface area contributed by atoms with Gasteiger partial charge in [0.05, 0.1) is 30.0 Å². The Bertz CT molecular complexity index is 1570. The average Bonchev–Trinajstić information content (AvgIpc) is 3.38. The zero-order chi connectivity index (χ0) is 29.1. The molecule has 11 heteroatoms. The molecular formula is C31H35ClN8O2. The number of pyridine rings is 1. The number of nitrogens with one attached hydrogen (secondary N) is 3. The van der Waals surface area contributed by atoms with Gasteiger partial charge in [-0.25, -0.2) is 9.78 Å². The summed E-state index contributed by atoms with van der Waals surface area (Å²) in [7, 11) is 2.18. The molecule has 2 aliphatic rings. The van der Waals surface area contributed by atoms with Gasteiger partial charge < -0.3 is 30.2 Å². The summed E-state index contributed by atoms with van der Waals surface area (Å²) >= 11 is 6.43. The number of halogens is 1. The van der Waals surface area contributed by atoms with Crippen LogP contribution in [-0.4, -0.2) is 57.5 Å². The van der Waals surface area contributed by atoms with E-state index in [1.54, 1.807) is 24.7 Å². The van der Waals surface area contributed by atoms with Crippen molar-refractivity contribution in [1.29, 1.82) is 0 Å². The lowest BCUT2D eigenvalue weighted by molar-refractivity contribution is 0.162. The molecule has 0 radical (unpaired) electrons. The van der Waals surface area contributed by atoms with E-state index in [1.165, 1.54) is 11.1 Å². The van der Waals surface area contributed by atoms with Crippen molar-refractivity contribution < 1.29 is 9.21 Å². The van der Waals surface area contributed by atoms with Gasteiger partial charge in [-0.15, -0.1) is 0 Å². The molecule has 0 spiro atoms. The van der Waals surface area contributed by atoms with E-state index in [4.69, 9.17) is 16.0 Å². The number of urea groups is 1. The van der Waals surface area contributed by atoms with Crippen molar-refractivity contribution in [1.82, 2.24) is 24.8 Å². The fraction of sp³-hybridized carbons (Fsp3) is 0.355. The van der Waals surface area contributed by atoms with Crippen LogP contribution in [-0.2, 0) is 19.4 Å². The molecular weight excluding hydrogens is 552 g/mol. The third-order valence-electron chi connectivity index (χ3n) is 7.96. The van der Waals surface area contributed by atoms with Crippen LogP contribution in [0.25, 0.3) is 0 Å². The van der Waals surface area contributed by atoms with Gasteiger partial charge in [-0.3, -0.25) is 4.98 Å². The molecule has 5 heterocycles. The number of anilines is 5. The molecule has 10 nitrogen and oxygen atoms in total. The van der Waals surface area contributed by atoms with Gasteiger partial charge in [0.2, 0.25) is 5.95 Å². The number of aryl methyl sites for hydroxylation is 3. The van der Waals surface area contributed by atoms with Gasteiger partial charge in [0.25, 0.3) is 0 Å². The van der Waals surface area contributed by atoms with E-state index in [1.807, 2.05) is 18.0 Å². The van der Waals surface area contributed by atoms with Crippen molar-refractivity contribution in [3.63, 3.8) is 0 Å². The zero-order valence-corrected chi connectivity index (χ0v) is 24.6. The van der Waals surface area contributed by atoms with Crippen molar-refractivity contribution in [2.45, 2.75) is 39.2 Å². The van der Waals surface area contributed by atoms with Crippen molar-refractivity contribution >= 4 is 46.5 Å². The number of piperidine rings is 1. The molecule has 1 saturated heterocycles. The maximum absolute atomic E-state index is 12.7. The Morgan fingerprint density at radius 2 is 1.98 bits per heavy atom. The number of carbonyl (C=O) groups excluding carboxylic acids is 1. The van der Waals surface area contributed by atoms with Gasteiger partial charge in [0.15, 0.2) is 5.82 Å². The monoisotopic (exact) mass is 586 g/mol. The summed E-state index contributed by atoms with van der Waals surface area (Å²) in [6.45, 7) is 5.17. The molecule has 218 valence electrons. The van der Waals surface area contributed by atoms with E-state index in [0.717, 1.165) is 80.2 Å². The molecule has 6 bridgehead atoms. The van der Waals surface area contributed by atoms with Gasteiger partial charge in [0.1, 0.15) is 10.8 Å². The minimum atomic E-state index is -0.0593. The molecule has 4 aromatic rings. The highest BCUT2D eigenvalue weighted by atomic mass is 35.5. The Balaban J connectivity index is 1.11. The lowest BCUT2D eigenvalue weighted by atomic mass is 9.95. The van der Waals surface area contributed by atoms with E-state index in [9.17, 15) is 4.79 Å². The van der Waals surface area contributed by atoms with E-state index in [2.05, 4.69) is 67.1 Å². The molecule has 0 aliphatic carbocycles. The first-order chi connectivity index (χ1) is 20.4. The lowest BCUT2D eigenvalue weighted by Crippen LogP contribution is -2.43. The molecule has 2 amide bonds. The van der Waals surface area contributed by atoms with E-state index >= 15 is 0 Å². The molecule has 0 unspecified atom stereocenters.